The van der Waals surface area contributed by atoms with Crippen LogP contribution in [-0.2, 0) is 5.41 Å². The Kier molecular flexibility index (Phi) is 6.54. The third-order valence-corrected chi connectivity index (χ3v) is 4.14. The fraction of sp³-hybridized carbons (Fsp3) is 0.273. The Hall–Kier alpha value is -3.88. The van der Waals surface area contributed by atoms with E-state index in [1.165, 1.54) is 6.20 Å². The van der Waals surface area contributed by atoms with Crippen molar-refractivity contribution in [1.29, 1.82) is 0 Å². The van der Waals surface area contributed by atoms with Gasteiger partial charge in [-0.3, -0.25) is 15.1 Å². The first-order chi connectivity index (χ1) is 14.7. The number of urea groups is 1. The van der Waals surface area contributed by atoms with Gasteiger partial charge >= 0.3 is 6.03 Å². The number of hydrogen-bond donors (Lipinski definition) is 3. The highest BCUT2D eigenvalue weighted by molar-refractivity contribution is 5.99. The molecule has 3 N–H and O–H groups in total. The van der Waals surface area contributed by atoms with Gasteiger partial charge in [-0.25, -0.2) is 4.79 Å². The van der Waals surface area contributed by atoms with Crippen LogP contribution in [0.4, 0.5) is 16.3 Å². The summed E-state index contributed by atoms with van der Waals surface area (Å²) in [7, 11) is 0. The van der Waals surface area contributed by atoms with Crippen LogP contribution >= 0.6 is 0 Å². The average molecular weight is 423 g/mol. The van der Waals surface area contributed by atoms with Crippen LogP contribution in [-0.4, -0.2) is 28.6 Å². The van der Waals surface area contributed by atoms with E-state index in [-0.39, 0.29) is 17.0 Å². The largest absolute Gasteiger partial charge is 0.457 e. The number of hydrogen-bond acceptors (Lipinski definition) is 6. The third-order valence-electron chi connectivity index (χ3n) is 4.14. The van der Waals surface area contributed by atoms with Gasteiger partial charge in [-0.2, -0.15) is 0 Å². The fourth-order valence-corrected chi connectivity index (χ4v) is 2.56. The van der Waals surface area contributed by atoms with Gasteiger partial charge < -0.3 is 19.9 Å². The van der Waals surface area contributed by atoms with Crippen LogP contribution in [0.25, 0.3) is 0 Å². The summed E-state index contributed by atoms with van der Waals surface area (Å²) < 4.78 is 11.0. The number of amides is 3. The van der Waals surface area contributed by atoms with E-state index in [2.05, 4.69) is 26.1 Å². The van der Waals surface area contributed by atoms with Crippen molar-refractivity contribution in [2.45, 2.75) is 33.1 Å². The van der Waals surface area contributed by atoms with Crippen molar-refractivity contribution >= 4 is 23.4 Å². The first-order valence-electron chi connectivity index (χ1n) is 9.82. The zero-order chi connectivity index (χ0) is 22.4. The van der Waals surface area contributed by atoms with E-state index in [4.69, 9.17) is 9.26 Å². The molecule has 2 aromatic heterocycles. The zero-order valence-corrected chi connectivity index (χ0v) is 17.9. The van der Waals surface area contributed by atoms with Crippen LogP contribution in [0.3, 0.4) is 0 Å². The lowest BCUT2D eigenvalue weighted by Crippen LogP contribution is -2.23. The number of rotatable bonds is 6. The first-order valence-corrected chi connectivity index (χ1v) is 9.82. The molecule has 0 fully saturated rings. The molecule has 2 heterocycles. The Balaban J connectivity index is 1.58. The number of aromatic nitrogens is 2. The maximum absolute atomic E-state index is 12.2. The molecule has 3 rings (SSSR count). The van der Waals surface area contributed by atoms with Crippen LogP contribution < -0.4 is 20.7 Å². The lowest BCUT2D eigenvalue weighted by atomic mass is 9.93. The number of benzene rings is 1. The van der Waals surface area contributed by atoms with E-state index in [0.717, 1.165) is 0 Å². The SMILES string of the molecule is CCNC(=O)c1cc(Oc2ccc(NC(=O)Nc3cc(C(C)(C)C)on3)cc2)ccn1. The Labute approximate surface area is 180 Å². The summed E-state index contributed by atoms with van der Waals surface area (Å²) in [6.45, 7) is 8.33. The quantitative estimate of drug-likeness (QED) is 0.535. The Morgan fingerprint density at radius 1 is 1.03 bits per heavy atom. The molecule has 0 bridgehead atoms. The Morgan fingerprint density at radius 2 is 1.77 bits per heavy atom. The number of ether oxygens (including phenoxy) is 1. The number of nitrogens with one attached hydrogen (secondary N) is 3. The highest BCUT2D eigenvalue weighted by atomic mass is 16.5. The molecule has 0 aliphatic heterocycles. The molecule has 0 spiro atoms. The maximum atomic E-state index is 12.2. The van der Waals surface area contributed by atoms with Crippen molar-refractivity contribution in [2.24, 2.45) is 0 Å². The molecule has 0 saturated carbocycles. The topological polar surface area (TPSA) is 118 Å². The molecule has 31 heavy (non-hydrogen) atoms. The second kappa shape index (κ2) is 9.29. The smallest absolute Gasteiger partial charge is 0.324 e. The lowest BCUT2D eigenvalue weighted by Gasteiger charge is -2.12. The Morgan fingerprint density at radius 3 is 2.42 bits per heavy atom. The second-order valence-corrected chi connectivity index (χ2v) is 7.77. The second-order valence-electron chi connectivity index (χ2n) is 7.77. The molecule has 1 aromatic carbocycles. The zero-order valence-electron chi connectivity index (χ0n) is 17.9. The van der Waals surface area contributed by atoms with Gasteiger partial charge in [0.05, 0.1) is 0 Å². The van der Waals surface area contributed by atoms with Crippen molar-refractivity contribution in [3.8, 4) is 11.5 Å². The van der Waals surface area contributed by atoms with E-state index >= 15 is 0 Å². The predicted octanol–water partition coefficient (Wildman–Crippen LogP) is 4.55. The van der Waals surface area contributed by atoms with Crippen LogP contribution in [0.1, 0.15) is 43.9 Å². The average Bonchev–Trinajstić information content (AvgIpc) is 3.19. The number of carbonyl (C=O) groups is 2. The molecule has 0 aliphatic rings. The van der Waals surface area contributed by atoms with E-state index in [1.807, 2.05) is 27.7 Å². The van der Waals surface area contributed by atoms with E-state index in [1.54, 1.807) is 42.5 Å². The minimum absolute atomic E-state index is 0.200. The van der Waals surface area contributed by atoms with Gasteiger partial charge in [0.2, 0.25) is 0 Å². The minimum atomic E-state index is -0.442. The van der Waals surface area contributed by atoms with Crippen LogP contribution in [0, 0.1) is 0 Å². The molecule has 3 amide bonds. The van der Waals surface area contributed by atoms with Gasteiger partial charge in [-0.05, 0) is 37.3 Å². The summed E-state index contributed by atoms with van der Waals surface area (Å²) in [5.74, 6) is 1.78. The monoisotopic (exact) mass is 423 g/mol. The van der Waals surface area contributed by atoms with Gasteiger partial charge in [-0.1, -0.05) is 25.9 Å². The molecular formula is C22H25N5O4. The van der Waals surface area contributed by atoms with Crippen molar-refractivity contribution in [3.05, 3.63) is 60.1 Å². The van der Waals surface area contributed by atoms with Crippen LogP contribution in [0.2, 0.25) is 0 Å². The Bertz CT molecular complexity index is 1050. The molecule has 0 radical (unpaired) electrons. The van der Waals surface area contributed by atoms with E-state index in [0.29, 0.717) is 35.3 Å². The van der Waals surface area contributed by atoms with Crippen LogP contribution in [0.5, 0.6) is 11.5 Å². The van der Waals surface area contributed by atoms with Crippen molar-refractivity contribution in [2.75, 3.05) is 17.2 Å². The molecule has 0 unspecified atom stereocenters. The maximum Gasteiger partial charge on any atom is 0.324 e. The molecule has 162 valence electrons. The van der Waals surface area contributed by atoms with Gasteiger partial charge in [0.1, 0.15) is 23.0 Å². The molecular weight excluding hydrogens is 398 g/mol. The van der Waals surface area contributed by atoms with Gasteiger partial charge in [0.25, 0.3) is 5.91 Å². The molecule has 0 saturated heterocycles. The van der Waals surface area contributed by atoms with Gasteiger partial charge in [0.15, 0.2) is 5.82 Å². The molecule has 3 aromatic rings. The first kappa shape index (κ1) is 21.8. The summed E-state index contributed by atoms with van der Waals surface area (Å²) in [5, 5.41) is 11.9. The summed E-state index contributed by atoms with van der Waals surface area (Å²) >= 11 is 0. The highest BCUT2D eigenvalue weighted by Crippen LogP contribution is 2.25. The van der Waals surface area contributed by atoms with Gasteiger partial charge in [0, 0.05) is 36.0 Å². The van der Waals surface area contributed by atoms with E-state index < -0.39 is 6.03 Å². The van der Waals surface area contributed by atoms with E-state index in [9.17, 15) is 9.59 Å². The molecule has 0 atom stereocenters. The summed E-state index contributed by atoms with van der Waals surface area (Å²) in [6, 6.07) is 11.3. The number of nitrogens with zero attached hydrogens (tertiary/aromatic N) is 2. The van der Waals surface area contributed by atoms with Crippen molar-refractivity contribution in [3.63, 3.8) is 0 Å². The summed E-state index contributed by atoms with van der Waals surface area (Å²) in [5.41, 5.74) is 0.646. The molecule has 9 nitrogen and oxygen atoms in total. The van der Waals surface area contributed by atoms with Crippen molar-refractivity contribution < 1.29 is 18.8 Å². The normalized spacial score (nSPS) is 11.0. The summed E-state index contributed by atoms with van der Waals surface area (Å²) in [4.78, 5) is 28.1. The highest BCUT2D eigenvalue weighted by Gasteiger charge is 2.20. The standard InChI is InChI=1S/C22H25N5O4/c1-5-23-20(28)17-12-16(10-11-24-17)30-15-8-6-14(7-9-15)25-21(29)26-19-13-18(31-27-19)22(2,3)4/h6-13H,5H2,1-4H3,(H,23,28)(H2,25,26,27,29). The number of carbonyl (C=O) groups excluding carboxylic acids is 2. The summed E-state index contributed by atoms with van der Waals surface area (Å²) in [6.07, 6.45) is 1.51. The van der Waals surface area contributed by atoms with Crippen LogP contribution in [0.15, 0.2) is 53.2 Å². The predicted molar refractivity (Wildman–Crippen MR) is 117 cm³/mol. The molecule has 9 heteroatoms. The fourth-order valence-electron chi connectivity index (χ4n) is 2.56. The number of pyridine rings is 1. The minimum Gasteiger partial charge on any atom is -0.457 e. The van der Waals surface area contributed by atoms with Gasteiger partial charge in [-0.15, -0.1) is 0 Å². The molecule has 0 aliphatic carbocycles. The third kappa shape index (κ3) is 6.05. The lowest BCUT2D eigenvalue weighted by molar-refractivity contribution is 0.0950. The number of anilines is 2. The van der Waals surface area contributed by atoms with Crippen molar-refractivity contribution in [1.82, 2.24) is 15.5 Å².